The monoisotopic (exact) mass is 363 g/mol. The van der Waals surface area contributed by atoms with Crippen molar-refractivity contribution in [3.63, 3.8) is 0 Å². The maximum absolute atomic E-state index is 4.55. The minimum Gasteiger partial charge on any atom is -0.372 e. The van der Waals surface area contributed by atoms with Gasteiger partial charge in [-0.15, -0.1) is 11.3 Å². The average Bonchev–Trinajstić information content (AvgIpc) is 3.11. The van der Waals surface area contributed by atoms with Gasteiger partial charge in [0.15, 0.2) is 0 Å². The van der Waals surface area contributed by atoms with Crippen LogP contribution < -0.4 is 4.90 Å². The van der Waals surface area contributed by atoms with Gasteiger partial charge in [-0.05, 0) is 61.7 Å². The maximum Gasteiger partial charge on any atom is 0.123 e. The van der Waals surface area contributed by atoms with Crippen LogP contribution in [0.1, 0.15) is 41.2 Å². The number of piperidine rings is 1. The van der Waals surface area contributed by atoms with Crippen LogP contribution in [0.25, 0.3) is 10.2 Å². The third-order valence-electron chi connectivity index (χ3n) is 5.81. The molecule has 4 heterocycles. The molecule has 26 heavy (non-hydrogen) atoms. The van der Waals surface area contributed by atoms with Gasteiger partial charge in [0.05, 0.1) is 0 Å². The van der Waals surface area contributed by atoms with Crippen LogP contribution in [0.4, 0.5) is 5.69 Å². The molecule has 2 aromatic heterocycles. The van der Waals surface area contributed by atoms with Gasteiger partial charge in [-0.3, -0.25) is 0 Å². The van der Waals surface area contributed by atoms with E-state index >= 15 is 0 Å². The topological polar surface area (TPSA) is 19.4 Å². The van der Waals surface area contributed by atoms with Crippen LogP contribution in [0.2, 0.25) is 0 Å². The lowest BCUT2D eigenvalue weighted by molar-refractivity contribution is 0.296. The molecule has 3 nitrogen and oxygen atoms in total. The van der Waals surface area contributed by atoms with Crippen LogP contribution in [0.15, 0.2) is 42.6 Å². The first-order valence-corrected chi connectivity index (χ1v) is 10.5. The van der Waals surface area contributed by atoms with Crippen molar-refractivity contribution in [1.82, 2.24) is 9.88 Å². The van der Waals surface area contributed by atoms with Crippen molar-refractivity contribution in [3.8, 4) is 0 Å². The smallest absolute Gasteiger partial charge is 0.123 e. The Balaban J connectivity index is 1.53. The predicted octanol–water partition coefficient (Wildman–Crippen LogP) is 4.86. The summed E-state index contributed by atoms with van der Waals surface area (Å²) in [5.41, 5.74) is 4.42. The van der Waals surface area contributed by atoms with Crippen LogP contribution in [0, 0.1) is 0 Å². The predicted molar refractivity (Wildman–Crippen MR) is 110 cm³/mol. The van der Waals surface area contributed by atoms with E-state index in [1.165, 1.54) is 59.4 Å². The highest BCUT2D eigenvalue weighted by atomic mass is 32.1. The lowest BCUT2D eigenvalue weighted by Crippen LogP contribution is -2.32. The zero-order valence-electron chi connectivity index (χ0n) is 15.3. The fourth-order valence-electron chi connectivity index (χ4n) is 4.49. The molecule has 5 rings (SSSR count). The van der Waals surface area contributed by atoms with Gasteiger partial charge in [-0.2, -0.15) is 0 Å². The Morgan fingerprint density at radius 3 is 2.81 bits per heavy atom. The van der Waals surface area contributed by atoms with E-state index in [2.05, 4.69) is 52.2 Å². The van der Waals surface area contributed by atoms with E-state index < -0.39 is 0 Å². The van der Waals surface area contributed by atoms with Gasteiger partial charge in [-0.1, -0.05) is 12.1 Å². The van der Waals surface area contributed by atoms with E-state index in [4.69, 9.17) is 0 Å². The number of benzene rings is 1. The quantitative estimate of drug-likeness (QED) is 0.648. The van der Waals surface area contributed by atoms with Gasteiger partial charge in [0.1, 0.15) is 4.83 Å². The van der Waals surface area contributed by atoms with Crippen molar-refractivity contribution in [2.24, 2.45) is 0 Å². The van der Waals surface area contributed by atoms with E-state index in [1.54, 1.807) is 0 Å². The number of rotatable bonds is 2. The molecule has 1 fully saturated rings. The highest BCUT2D eigenvalue weighted by Gasteiger charge is 2.27. The number of likely N-dealkylation sites (N-methyl/N-ethyl adjacent to an activating group) is 1. The zero-order chi connectivity index (χ0) is 17.5. The van der Waals surface area contributed by atoms with Gasteiger partial charge in [-0.25, -0.2) is 4.98 Å². The minimum atomic E-state index is 0.457. The van der Waals surface area contributed by atoms with Crippen molar-refractivity contribution in [2.75, 3.05) is 31.6 Å². The van der Waals surface area contributed by atoms with Crippen LogP contribution in [0.5, 0.6) is 0 Å². The first-order valence-electron chi connectivity index (χ1n) is 9.69. The second-order valence-corrected chi connectivity index (χ2v) is 8.79. The molecule has 0 N–H and O–H groups in total. The van der Waals surface area contributed by atoms with Gasteiger partial charge in [0, 0.05) is 54.2 Å². The van der Waals surface area contributed by atoms with Crippen molar-refractivity contribution < 1.29 is 0 Å². The van der Waals surface area contributed by atoms with E-state index in [1.807, 2.05) is 23.6 Å². The molecule has 0 amide bonds. The molecule has 134 valence electrons. The van der Waals surface area contributed by atoms with Crippen molar-refractivity contribution >= 4 is 27.2 Å². The Kier molecular flexibility index (Phi) is 4.18. The fraction of sp³-hybridized carbons (Fsp3) is 0.409. The summed E-state index contributed by atoms with van der Waals surface area (Å²) in [4.78, 5) is 12.2. The number of hydrogen-bond donors (Lipinski definition) is 0. The summed E-state index contributed by atoms with van der Waals surface area (Å²) in [5.74, 6) is 0.457. The summed E-state index contributed by atoms with van der Waals surface area (Å²) in [6, 6.07) is 13.8. The van der Waals surface area contributed by atoms with Gasteiger partial charge in [0.25, 0.3) is 0 Å². The molecule has 0 radical (unpaired) electrons. The number of aromatic nitrogens is 1. The SMILES string of the molecule is CN1Cc2cc(N3CCCCC3)ccc2C(c2cc3cccnc3s2)C1. The van der Waals surface area contributed by atoms with Crippen LogP contribution >= 0.6 is 11.3 Å². The van der Waals surface area contributed by atoms with Crippen molar-refractivity contribution in [3.05, 3.63) is 58.6 Å². The standard InChI is InChI=1S/C22H25N3S/c1-24-14-17-12-18(25-10-3-2-4-11-25)7-8-19(17)20(15-24)21-13-16-6-5-9-23-22(16)26-21/h5-9,12-13,20H,2-4,10-11,14-15H2,1H3. The molecule has 0 saturated carbocycles. The van der Waals surface area contributed by atoms with Crippen molar-refractivity contribution in [2.45, 2.75) is 31.7 Å². The normalized spacial score (nSPS) is 21.1. The molecule has 0 aliphatic carbocycles. The molecular formula is C22H25N3S. The Hall–Kier alpha value is -1.91. The molecule has 1 saturated heterocycles. The molecule has 1 aromatic carbocycles. The second-order valence-electron chi connectivity index (χ2n) is 7.73. The molecule has 4 heteroatoms. The molecule has 0 bridgehead atoms. The van der Waals surface area contributed by atoms with Gasteiger partial charge in [0.2, 0.25) is 0 Å². The first kappa shape index (κ1) is 16.3. The molecule has 1 unspecified atom stereocenters. The van der Waals surface area contributed by atoms with Crippen molar-refractivity contribution in [1.29, 1.82) is 0 Å². The third kappa shape index (κ3) is 2.91. The fourth-order valence-corrected chi connectivity index (χ4v) is 5.60. The highest BCUT2D eigenvalue weighted by Crippen LogP contribution is 2.39. The van der Waals surface area contributed by atoms with E-state index in [0.29, 0.717) is 5.92 Å². The Labute approximate surface area is 159 Å². The van der Waals surface area contributed by atoms with Crippen LogP contribution in [-0.2, 0) is 6.54 Å². The minimum absolute atomic E-state index is 0.457. The Bertz CT molecular complexity index is 893. The molecule has 2 aliphatic heterocycles. The third-order valence-corrected chi connectivity index (χ3v) is 6.99. The lowest BCUT2D eigenvalue weighted by Gasteiger charge is -2.34. The largest absolute Gasteiger partial charge is 0.372 e. The molecule has 2 aliphatic rings. The number of hydrogen-bond acceptors (Lipinski definition) is 4. The van der Waals surface area contributed by atoms with Gasteiger partial charge < -0.3 is 9.80 Å². The number of anilines is 1. The van der Waals surface area contributed by atoms with E-state index in [0.717, 1.165) is 17.9 Å². The summed E-state index contributed by atoms with van der Waals surface area (Å²) in [6.45, 7) is 4.56. The number of fused-ring (bicyclic) bond motifs is 2. The number of thiophene rings is 1. The van der Waals surface area contributed by atoms with Crippen LogP contribution in [-0.4, -0.2) is 36.6 Å². The zero-order valence-corrected chi connectivity index (χ0v) is 16.1. The molecular weight excluding hydrogens is 338 g/mol. The second kappa shape index (κ2) is 6.67. The Morgan fingerprint density at radius 1 is 1.08 bits per heavy atom. The van der Waals surface area contributed by atoms with E-state index in [-0.39, 0.29) is 0 Å². The molecule has 1 atom stereocenters. The van der Waals surface area contributed by atoms with Gasteiger partial charge >= 0.3 is 0 Å². The maximum atomic E-state index is 4.55. The van der Waals surface area contributed by atoms with E-state index in [9.17, 15) is 0 Å². The summed E-state index contributed by atoms with van der Waals surface area (Å²) < 4.78 is 0. The summed E-state index contributed by atoms with van der Waals surface area (Å²) in [6.07, 6.45) is 5.93. The summed E-state index contributed by atoms with van der Waals surface area (Å²) in [5, 5.41) is 1.27. The van der Waals surface area contributed by atoms with Crippen LogP contribution in [0.3, 0.4) is 0 Å². The lowest BCUT2D eigenvalue weighted by atomic mass is 9.88. The summed E-state index contributed by atoms with van der Waals surface area (Å²) >= 11 is 1.85. The Morgan fingerprint density at radius 2 is 1.96 bits per heavy atom. The molecule has 0 spiro atoms. The summed E-state index contributed by atoms with van der Waals surface area (Å²) in [7, 11) is 2.25. The average molecular weight is 364 g/mol. The number of nitrogens with zero attached hydrogens (tertiary/aromatic N) is 3. The molecule has 3 aromatic rings. The number of pyridine rings is 1. The highest BCUT2D eigenvalue weighted by molar-refractivity contribution is 7.18. The first-order chi connectivity index (χ1) is 12.8.